The fourth-order valence-electron chi connectivity index (χ4n) is 0.799. The Morgan fingerprint density at radius 2 is 2.00 bits per heavy atom. The third kappa shape index (κ3) is 6.58. The van der Waals surface area contributed by atoms with Crippen LogP contribution in [0.2, 0.25) is 4.81 Å². The molecule has 0 aliphatic carbocycles. The van der Waals surface area contributed by atoms with Crippen LogP contribution in [0, 0.1) is 5.92 Å². The van der Waals surface area contributed by atoms with Crippen LogP contribution in [-0.4, -0.2) is 0 Å². The summed E-state index contributed by atoms with van der Waals surface area (Å²) in [6.45, 7) is 4.62. The minimum absolute atomic E-state index is 0.956. The zero-order valence-corrected chi connectivity index (χ0v) is 8.53. The maximum absolute atomic E-state index is 2.34. The molecule has 55 valence electrons. The Labute approximate surface area is 70.3 Å². The molecule has 0 fully saturated rings. The van der Waals surface area contributed by atoms with E-state index >= 15 is 0 Å². The fourth-order valence-corrected chi connectivity index (χ4v) is 1.30. The van der Waals surface area contributed by atoms with Crippen LogP contribution >= 0.6 is 0 Å². The van der Waals surface area contributed by atoms with Crippen molar-refractivity contribution in [2.75, 3.05) is 0 Å². The third-order valence-electron chi connectivity index (χ3n) is 1.79. The van der Waals surface area contributed by atoms with Crippen LogP contribution in [0.1, 0.15) is 39.5 Å². The molecule has 0 saturated heterocycles. The average molecular weight is 209 g/mol. The van der Waals surface area contributed by atoms with Gasteiger partial charge in [0.15, 0.2) is 0 Å². The summed E-state index contributed by atoms with van der Waals surface area (Å²) in [5.74, 6) is 0.956. The zero-order valence-electron chi connectivity index (χ0n) is 6.52. The van der Waals surface area contributed by atoms with Gasteiger partial charge in [0, 0.05) is 0 Å². The predicted molar refractivity (Wildman–Crippen MR) is 38.1 cm³/mol. The van der Waals surface area contributed by atoms with Crippen LogP contribution in [0.3, 0.4) is 0 Å². The molecule has 9 heavy (non-hydrogen) atoms. The maximum atomic E-state index is 2.34. The third-order valence-corrected chi connectivity index (χ3v) is 2.50. The molecule has 0 aliphatic heterocycles. The van der Waals surface area contributed by atoms with Crippen molar-refractivity contribution in [1.82, 2.24) is 0 Å². The Kier molecular flexibility index (Phi) is 7.32. The van der Waals surface area contributed by atoms with Crippen molar-refractivity contribution in [2.24, 2.45) is 5.92 Å². The van der Waals surface area contributed by atoms with E-state index in [9.17, 15) is 0 Å². The van der Waals surface area contributed by atoms with Gasteiger partial charge in [-0.3, -0.25) is 0 Å². The van der Waals surface area contributed by atoms with Crippen molar-refractivity contribution >= 4 is 0 Å². The quantitative estimate of drug-likeness (QED) is 0.482. The SMILES string of the molecule is CCC(C)CCC[CH2][Mo]. The topological polar surface area (TPSA) is 0 Å². The van der Waals surface area contributed by atoms with Gasteiger partial charge in [-0.15, -0.1) is 0 Å². The van der Waals surface area contributed by atoms with E-state index in [2.05, 4.69) is 33.7 Å². The predicted octanol–water partition coefficient (Wildman–Crippen LogP) is 3.17. The van der Waals surface area contributed by atoms with Gasteiger partial charge in [-0.05, 0) is 0 Å². The van der Waals surface area contributed by atoms with Gasteiger partial charge >= 0.3 is 70.1 Å². The van der Waals surface area contributed by atoms with E-state index in [0.717, 1.165) is 5.92 Å². The van der Waals surface area contributed by atoms with Gasteiger partial charge in [-0.2, -0.15) is 0 Å². The van der Waals surface area contributed by atoms with E-state index in [1.807, 2.05) is 0 Å². The summed E-state index contributed by atoms with van der Waals surface area (Å²) in [6.07, 6.45) is 5.65. The van der Waals surface area contributed by atoms with Gasteiger partial charge in [0.05, 0.1) is 0 Å². The molecule has 1 atom stereocenters. The molecule has 0 N–H and O–H groups in total. The first-order chi connectivity index (χ1) is 4.31. The molecule has 0 bridgehead atoms. The molecule has 0 nitrogen and oxygen atoms in total. The number of unbranched alkanes of at least 4 members (excludes halogenated alkanes) is 1. The first-order valence-corrected chi connectivity index (χ1v) is 5.31. The molecule has 0 saturated carbocycles. The second-order valence-corrected chi connectivity index (χ2v) is 3.72. The van der Waals surface area contributed by atoms with E-state index in [0.29, 0.717) is 0 Å². The van der Waals surface area contributed by atoms with Gasteiger partial charge in [0.2, 0.25) is 0 Å². The molecule has 0 aromatic heterocycles. The molecule has 0 heterocycles. The van der Waals surface area contributed by atoms with E-state index in [1.165, 1.54) is 30.5 Å². The van der Waals surface area contributed by atoms with E-state index < -0.39 is 0 Å². The van der Waals surface area contributed by atoms with Crippen LogP contribution in [0.4, 0.5) is 0 Å². The van der Waals surface area contributed by atoms with Crippen molar-refractivity contribution < 1.29 is 19.8 Å². The van der Waals surface area contributed by atoms with Crippen molar-refractivity contribution in [3.05, 3.63) is 0 Å². The van der Waals surface area contributed by atoms with Crippen molar-refractivity contribution in [1.29, 1.82) is 0 Å². The summed E-state index contributed by atoms with van der Waals surface area (Å²) in [7, 11) is 0. The second kappa shape index (κ2) is 6.80. The zero-order chi connectivity index (χ0) is 7.11. The Morgan fingerprint density at radius 1 is 1.33 bits per heavy atom. The summed E-state index contributed by atoms with van der Waals surface area (Å²) in [5, 5.41) is 0. The Hall–Kier alpha value is 0.688. The van der Waals surface area contributed by atoms with E-state index in [1.54, 1.807) is 0 Å². The number of rotatable bonds is 5. The second-order valence-electron chi connectivity index (χ2n) is 2.71. The van der Waals surface area contributed by atoms with Crippen LogP contribution in [0.15, 0.2) is 0 Å². The van der Waals surface area contributed by atoms with Crippen LogP contribution < -0.4 is 0 Å². The molecular formula is C8H17Mo. The van der Waals surface area contributed by atoms with Crippen molar-refractivity contribution in [2.45, 2.75) is 44.3 Å². The molecule has 0 aromatic carbocycles. The van der Waals surface area contributed by atoms with Crippen LogP contribution in [-0.2, 0) is 19.8 Å². The first-order valence-electron chi connectivity index (χ1n) is 3.89. The summed E-state index contributed by atoms with van der Waals surface area (Å²) in [4.78, 5) is 1.37. The van der Waals surface area contributed by atoms with Crippen LogP contribution in [0.5, 0.6) is 0 Å². The average Bonchev–Trinajstić information content (AvgIpc) is 1.89. The minimum atomic E-state index is 0.956. The number of hydrogen-bond donors (Lipinski definition) is 0. The standard InChI is InChI=1S/C8H17.Mo/c1-4-6-7-8(3)5-2;/h8H,1,4-7H2,2-3H3;. The molecule has 1 unspecified atom stereocenters. The van der Waals surface area contributed by atoms with Gasteiger partial charge in [0.1, 0.15) is 0 Å². The van der Waals surface area contributed by atoms with E-state index in [-0.39, 0.29) is 0 Å². The van der Waals surface area contributed by atoms with Gasteiger partial charge in [-0.1, -0.05) is 0 Å². The molecule has 0 rings (SSSR count). The summed E-state index contributed by atoms with van der Waals surface area (Å²) >= 11 is 2.20. The Balaban J connectivity index is 2.88. The summed E-state index contributed by atoms with van der Waals surface area (Å²) in [5.41, 5.74) is 0. The van der Waals surface area contributed by atoms with Gasteiger partial charge < -0.3 is 0 Å². The molecule has 0 aromatic rings. The normalized spacial score (nSPS) is 13.6. The molecule has 0 spiro atoms. The van der Waals surface area contributed by atoms with Gasteiger partial charge in [0.25, 0.3) is 0 Å². The van der Waals surface area contributed by atoms with Crippen LogP contribution in [0.25, 0.3) is 0 Å². The molecule has 0 amide bonds. The number of hydrogen-bond acceptors (Lipinski definition) is 0. The summed E-state index contributed by atoms with van der Waals surface area (Å²) < 4.78 is 0. The first kappa shape index (κ1) is 9.69. The molecule has 0 aliphatic rings. The Bertz CT molecular complexity index is 52.5. The molecular weight excluding hydrogens is 192 g/mol. The summed E-state index contributed by atoms with van der Waals surface area (Å²) in [6, 6.07) is 0. The molecule has 1 heteroatoms. The van der Waals surface area contributed by atoms with Crippen molar-refractivity contribution in [3.63, 3.8) is 0 Å². The Morgan fingerprint density at radius 3 is 2.44 bits per heavy atom. The monoisotopic (exact) mass is 211 g/mol. The van der Waals surface area contributed by atoms with Crippen molar-refractivity contribution in [3.8, 4) is 0 Å². The van der Waals surface area contributed by atoms with Gasteiger partial charge in [-0.25, -0.2) is 0 Å². The molecule has 0 radical (unpaired) electrons. The van der Waals surface area contributed by atoms with E-state index in [4.69, 9.17) is 0 Å². The fraction of sp³-hybridized carbons (Fsp3) is 1.00.